The lowest BCUT2D eigenvalue weighted by Gasteiger charge is -2.34. The molecule has 1 atom stereocenters. The van der Waals surface area contributed by atoms with Crippen LogP contribution in [0.1, 0.15) is 48.2 Å². The highest BCUT2D eigenvalue weighted by atomic mass is 31.1. The van der Waals surface area contributed by atoms with E-state index in [9.17, 15) is 4.79 Å². The van der Waals surface area contributed by atoms with Crippen molar-refractivity contribution in [2.75, 3.05) is 7.11 Å². The van der Waals surface area contributed by atoms with Gasteiger partial charge >= 0.3 is 0 Å². The standard InChI is InChI=1S/C20H25O2P/c1-5-20(6-2,17-12-9-10-15(3)19(17)22-4)23-18-13-8-7-11-16(18)14-21/h7-14,23H,5-6H2,1-4H3. The molecule has 0 heterocycles. The quantitative estimate of drug-likeness (QED) is 0.537. The van der Waals surface area contributed by atoms with Crippen LogP contribution in [0.3, 0.4) is 0 Å². The maximum atomic E-state index is 11.4. The minimum Gasteiger partial charge on any atom is -0.496 e. The van der Waals surface area contributed by atoms with E-state index in [-0.39, 0.29) is 5.16 Å². The molecule has 2 aromatic carbocycles. The summed E-state index contributed by atoms with van der Waals surface area (Å²) < 4.78 is 5.71. The Morgan fingerprint density at radius 3 is 2.39 bits per heavy atom. The van der Waals surface area contributed by atoms with Crippen molar-refractivity contribution in [1.29, 1.82) is 0 Å². The van der Waals surface area contributed by atoms with Crippen molar-refractivity contribution in [3.63, 3.8) is 0 Å². The smallest absolute Gasteiger partial charge is 0.150 e. The van der Waals surface area contributed by atoms with Crippen molar-refractivity contribution in [2.45, 2.75) is 38.8 Å². The van der Waals surface area contributed by atoms with Gasteiger partial charge in [0.2, 0.25) is 0 Å². The zero-order chi connectivity index (χ0) is 16.9. The van der Waals surface area contributed by atoms with E-state index in [1.165, 1.54) is 5.56 Å². The number of rotatable bonds is 7. The number of aryl methyl sites for hydroxylation is 1. The number of methoxy groups -OCH3 is 1. The normalized spacial score (nSPS) is 11.8. The number of hydrogen-bond donors (Lipinski definition) is 0. The van der Waals surface area contributed by atoms with Gasteiger partial charge in [0.25, 0.3) is 0 Å². The summed E-state index contributed by atoms with van der Waals surface area (Å²) in [6.45, 7) is 6.53. The van der Waals surface area contributed by atoms with Crippen molar-refractivity contribution in [3.8, 4) is 5.75 Å². The molecular formula is C20H25O2P. The number of ether oxygens (including phenoxy) is 1. The Labute approximate surface area is 141 Å². The van der Waals surface area contributed by atoms with Gasteiger partial charge in [0, 0.05) is 16.3 Å². The highest BCUT2D eigenvalue weighted by Crippen LogP contribution is 2.50. The second-order valence-electron chi connectivity index (χ2n) is 5.78. The molecule has 0 saturated carbocycles. The van der Waals surface area contributed by atoms with E-state index in [4.69, 9.17) is 4.74 Å². The van der Waals surface area contributed by atoms with E-state index < -0.39 is 0 Å². The minimum atomic E-state index is -0.00350. The van der Waals surface area contributed by atoms with Crippen LogP contribution in [0, 0.1) is 6.92 Å². The molecule has 2 rings (SSSR count). The van der Waals surface area contributed by atoms with Crippen LogP contribution >= 0.6 is 8.58 Å². The first kappa shape index (κ1) is 17.7. The topological polar surface area (TPSA) is 26.3 Å². The van der Waals surface area contributed by atoms with Crippen LogP contribution in [0.5, 0.6) is 5.75 Å². The minimum absolute atomic E-state index is 0.00350. The third-order valence-electron chi connectivity index (χ3n) is 4.60. The molecule has 0 aromatic heterocycles. The molecule has 2 aromatic rings. The van der Waals surface area contributed by atoms with Gasteiger partial charge in [-0.15, -0.1) is 0 Å². The monoisotopic (exact) mass is 328 g/mol. The second-order valence-corrected chi connectivity index (χ2v) is 7.52. The highest BCUT2D eigenvalue weighted by molar-refractivity contribution is 7.48. The van der Waals surface area contributed by atoms with E-state index in [0.29, 0.717) is 8.58 Å². The van der Waals surface area contributed by atoms with Gasteiger partial charge in [-0.3, -0.25) is 4.79 Å². The lowest BCUT2D eigenvalue weighted by Crippen LogP contribution is -2.24. The summed E-state index contributed by atoms with van der Waals surface area (Å²) in [5.74, 6) is 0.979. The zero-order valence-electron chi connectivity index (χ0n) is 14.3. The number of para-hydroxylation sites is 1. The summed E-state index contributed by atoms with van der Waals surface area (Å²) in [6.07, 6.45) is 2.98. The van der Waals surface area contributed by atoms with Crippen molar-refractivity contribution in [1.82, 2.24) is 0 Å². The Balaban J connectivity index is 2.56. The molecule has 23 heavy (non-hydrogen) atoms. The average Bonchev–Trinajstić information content (AvgIpc) is 2.60. The molecule has 122 valence electrons. The maximum Gasteiger partial charge on any atom is 0.150 e. The van der Waals surface area contributed by atoms with E-state index >= 15 is 0 Å². The lowest BCUT2D eigenvalue weighted by molar-refractivity contribution is 0.112. The second kappa shape index (κ2) is 7.75. The largest absolute Gasteiger partial charge is 0.496 e. The molecule has 0 radical (unpaired) electrons. The molecule has 0 aliphatic rings. The third-order valence-corrected chi connectivity index (χ3v) is 6.78. The van der Waals surface area contributed by atoms with Gasteiger partial charge in [0.1, 0.15) is 5.75 Å². The molecule has 0 amide bonds. The summed E-state index contributed by atoms with van der Waals surface area (Å²) >= 11 is 0. The summed E-state index contributed by atoms with van der Waals surface area (Å²) in [4.78, 5) is 11.4. The van der Waals surface area contributed by atoms with Gasteiger partial charge in [-0.1, -0.05) is 64.9 Å². The Bertz CT molecular complexity index is 675. The lowest BCUT2D eigenvalue weighted by atomic mass is 9.90. The summed E-state index contributed by atoms with van der Waals surface area (Å²) in [5, 5.41) is 1.13. The first-order chi connectivity index (χ1) is 11.1. The number of hydrogen-bond acceptors (Lipinski definition) is 2. The first-order valence-electron chi connectivity index (χ1n) is 8.08. The van der Waals surface area contributed by atoms with Crippen LogP contribution in [0.15, 0.2) is 42.5 Å². The Kier molecular flexibility index (Phi) is 5.96. The molecule has 0 aliphatic heterocycles. The van der Waals surface area contributed by atoms with Gasteiger partial charge in [0.05, 0.1) is 7.11 Å². The number of carbonyl (C=O) groups is 1. The number of carbonyl (C=O) groups excluding carboxylic acids is 1. The summed E-state index contributed by atoms with van der Waals surface area (Å²) in [5.41, 5.74) is 3.21. The first-order valence-corrected chi connectivity index (χ1v) is 9.08. The fourth-order valence-electron chi connectivity index (χ4n) is 3.15. The van der Waals surface area contributed by atoms with Crippen molar-refractivity contribution >= 4 is 20.2 Å². The van der Waals surface area contributed by atoms with Crippen molar-refractivity contribution < 1.29 is 9.53 Å². The van der Waals surface area contributed by atoms with Crippen LogP contribution < -0.4 is 10.0 Å². The van der Waals surface area contributed by atoms with Gasteiger partial charge in [0.15, 0.2) is 6.29 Å². The SMILES string of the molecule is CCC(CC)(Pc1ccccc1C=O)c1cccc(C)c1OC. The molecule has 0 aliphatic carbocycles. The highest BCUT2D eigenvalue weighted by Gasteiger charge is 2.32. The van der Waals surface area contributed by atoms with E-state index in [2.05, 4.69) is 45.0 Å². The molecule has 0 N–H and O–H groups in total. The van der Waals surface area contributed by atoms with E-state index in [0.717, 1.165) is 41.3 Å². The van der Waals surface area contributed by atoms with Gasteiger partial charge in [-0.25, -0.2) is 0 Å². The zero-order valence-corrected chi connectivity index (χ0v) is 15.3. The Hall–Kier alpha value is -1.66. The van der Waals surface area contributed by atoms with E-state index in [1.54, 1.807) is 7.11 Å². The molecule has 0 spiro atoms. The molecular weight excluding hydrogens is 303 g/mol. The summed E-state index contributed by atoms with van der Waals surface area (Å²) in [7, 11) is 2.27. The summed E-state index contributed by atoms with van der Waals surface area (Å²) in [6, 6.07) is 14.3. The molecule has 2 nitrogen and oxygen atoms in total. The van der Waals surface area contributed by atoms with Crippen LogP contribution in [-0.4, -0.2) is 13.4 Å². The average molecular weight is 328 g/mol. The van der Waals surface area contributed by atoms with Crippen LogP contribution in [-0.2, 0) is 5.16 Å². The predicted octanol–water partition coefficient (Wildman–Crippen LogP) is 4.84. The third kappa shape index (κ3) is 3.48. The molecule has 1 unspecified atom stereocenters. The maximum absolute atomic E-state index is 11.4. The Morgan fingerprint density at radius 2 is 1.78 bits per heavy atom. The van der Waals surface area contributed by atoms with Crippen LogP contribution in [0.25, 0.3) is 0 Å². The van der Waals surface area contributed by atoms with Crippen molar-refractivity contribution in [3.05, 3.63) is 59.2 Å². The number of benzene rings is 2. The number of aldehydes is 1. The van der Waals surface area contributed by atoms with E-state index in [1.807, 2.05) is 18.2 Å². The Morgan fingerprint density at radius 1 is 1.09 bits per heavy atom. The molecule has 0 bridgehead atoms. The van der Waals surface area contributed by atoms with Gasteiger partial charge in [-0.2, -0.15) is 0 Å². The van der Waals surface area contributed by atoms with Gasteiger partial charge < -0.3 is 4.74 Å². The van der Waals surface area contributed by atoms with Crippen LogP contribution in [0.4, 0.5) is 0 Å². The van der Waals surface area contributed by atoms with Gasteiger partial charge in [-0.05, 0) is 30.6 Å². The fraction of sp³-hybridized carbons (Fsp3) is 0.350. The van der Waals surface area contributed by atoms with Crippen LogP contribution in [0.2, 0.25) is 0 Å². The fourth-order valence-corrected chi connectivity index (χ4v) is 4.81. The molecule has 0 fully saturated rings. The molecule has 3 heteroatoms. The van der Waals surface area contributed by atoms with Crippen molar-refractivity contribution in [2.24, 2.45) is 0 Å². The molecule has 0 saturated heterocycles. The predicted molar refractivity (Wildman–Crippen MR) is 99.8 cm³/mol.